The fourth-order valence-corrected chi connectivity index (χ4v) is 5.29. The van der Waals surface area contributed by atoms with Gasteiger partial charge in [0, 0.05) is 52.7 Å². The van der Waals surface area contributed by atoms with E-state index >= 15 is 0 Å². The van der Waals surface area contributed by atoms with Gasteiger partial charge in [-0.3, -0.25) is 9.73 Å². The molecule has 1 fully saturated rings. The molecule has 0 saturated carbocycles. The number of aromatic nitrogens is 1. The fraction of sp³-hybridized carbons (Fsp3) is 0.292. The highest BCUT2D eigenvalue weighted by atomic mass is 35.5. The number of benzene rings is 2. The molecule has 38 heavy (non-hydrogen) atoms. The Balaban J connectivity index is 1.34. The Morgan fingerprint density at radius 1 is 1.13 bits per heavy atom. The smallest absolute Gasteiger partial charge is 0.380 e. The second-order valence-electron chi connectivity index (χ2n) is 9.25. The van der Waals surface area contributed by atoms with Gasteiger partial charge < -0.3 is 16.1 Å². The van der Waals surface area contributed by atoms with Crippen LogP contribution in [0.5, 0.6) is 0 Å². The number of anilines is 2. The van der Waals surface area contributed by atoms with Crippen LogP contribution < -0.4 is 26.3 Å². The number of fused-ring (bicyclic) bond motifs is 1. The van der Waals surface area contributed by atoms with E-state index in [-0.39, 0.29) is 17.6 Å². The summed E-state index contributed by atoms with van der Waals surface area (Å²) in [5, 5.41) is 9.40. The van der Waals surface area contributed by atoms with Crippen molar-refractivity contribution < 1.29 is 21.6 Å². The number of rotatable bonds is 6. The van der Waals surface area contributed by atoms with Gasteiger partial charge >= 0.3 is 6.18 Å². The standard InChI is InChI=1S/C24H25ClF3N7O2S/c1-38(36,37)33-16-4-2-3-14(7-16)22-13-35(34-32-22)18-9-17(11-29-12-18)30-21-10-23(24(26,27)28)31-20-6-5-15(25)8-19(20)21/h2-8,10,13,17-18,29,32-34H,9,11-12H2,1H3,(H,30,31)/t17-,18+/m1/s1. The van der Waals surface area contributed by atoms with Crippen LogP contribution in [0.4, 0.5) is 24.5 Å². The van der Waals surface area contributed by atoms with E-state index in [0.717, 1.165) is 23.6 Å². The summed E-state index contributed by atoms with van der Waals surface area (Å²) in [4.78, 5) is 3.77. The highest BCUT2D eigenvalue weighted by molar-refractivity contribution is 7.92. The van der Waals surface area contributed by atoms with E-state index in [4.69, 9.17) is 11.6 Å². The summed E-state index contributed by atoms with van der Waals surface area (Å²) < 4.78 is 66.1. The molecule has 2 aliphatic heterocycles. The van der Waals surface area contributed by atoms with Crippen molar-refractivity contribution in [2.75, 3.05) is 29.4 Å². The summed E-state index contributed by atoms with van der Waals surface area (Å²) in [5.74, 6) is 0. The van der Waals surface area contributed by atoms with E-state index in [9.17, 15) is 21.6 Å². The van der Waals surface area contributed by atoms with Crippen LogP contribution in [0.2, 0.25) is 5.02 Å². The Kier molecular flexibility index (Phi) is 7.03. The van der Waals surface area contributed by atoms with Gasteiger partial charge in [0.25, 0.3) is 0 Å². The first-order valence-corrected chi connectivity index (χ1v) is 14.0. The van der Waals surface area contributed by atoms with Crippen molar-refractivity contribution in [3.63, 3.8) is 0 Å². The zero-order valence-corrected chi connectivity index (χ0v) is 21.7. The minimum atomic E-state index is -4.59. The van der Waals surface area contributed by atoms with Crippen LogP contribution in [0.1, 0.15) is 17.7 Å². The molecule has 202 valence electrons. The molecule has 1 aromatic heterocycles. The maximum Gasteiger partial charge on any atom is 0.433 e. The molecule has 0 radical (unpaired) electrons. The lowest BCUT2D eigenvalue weighted by molar-refractivity contribution is -0.140. The first-order valence-electron chi connectivity index (χ1n) is 11.7. The van der Waals surface area contributed by atoms with Gasteiger partial charge in [-0.2, -0.15) is 13.2 Å². The average Bonchev–Trinajstić information content (AvgIpc) is 3.33. The second kappa shape index (κ2) is 10.1. The summed E-state index contributed by atoms with van der Waals surface area (Å²) in [6.45, 7) is 1.20. The van der Waals surface area contributed by atoms with Crippen molar-refractivity contribution in [3.8, 4) is 0 Å². The molecule has 3 aromatic rings. The van der Waals surface area contributed by atoms with Gasteiger partial charge in [0.15, 0.2) is 0 Å². The summed E-state index contributed by atoms with van der Waals surface area (Å²) >= 11 is 6.13. The minimum absolute atomic E-state index is 0.0395. The van der Waals surface area contributed by atoms with Crippen LogP contribution in [-0.2, 0) is 16.2 Å². The normalized spacial score (nSPS) is 20.2. The molecule has 5 rings (SSSR count). The molecule has 2 aromatic carbocycles. The maximum atomic E-state index is 13.5. The Hall–Kier alpha value is -3.26. The number of piperidine rings is 1. The zero-order valence-electron chi connectivity index (χ0n) is 20.1. The molecule has 1 saturated heterocycles. The summed E-state index contributed by atoms with van der Waals surface area (Å²) in [6.07, 6.45) is -1.01. The van der Waals surface area contributed by atoms with Crippen LogP contribution >= 0.6 is 11.6 Å². The van der Waals surface area contributed by atoms with Gasteiger partial charge in [0.1, 0.15) is 5.69 Å². The van der Waals surface area contributed by atoms with Crippen LogP contribution in [0.15, 0.2) is 54.7 Å². The molecule has 5 N–H and O–H groups in total. The molecule has 9 nitrogen and oxygen atoms in total. The SMILES string of the molecule is CS(=O)(=O)Nc1cccc(C2=CN([C@@H]3CNC[C@H](Nc4cc(C(F)(F)F)nc5ccc(Cl)cc45)C3)NN2)c1. The monoisotopic (exact) mass is 567 g/mol. The number of sulfonamides is 1. The van der Waals surface area contributed by atoms with Gasteiger partial charge in [-0.15, -0.1) is 5.53 Å². The van der Waals surface area contributed by atoms with E-state index in [0.29, 0.717) is 41.3 Å². The Morgan fingerprint density at radius 3 is 2.71 bits per heavy atom. The van der Waals surface area contributed by atoms with E-state index in [2.05, 4.69) is 31.3 Å². The minimum Gasteiger partial charge on any atom is -0.380 e. The molecular weight excluding hydrogens is 543 g/mol. The van der Waals surface area contributed by atoms with Gasteiger partial charge in [0.2, 0.25) is 10.0 Å². The van der Waals surface area contributed by atoms with Gasteiger partial charge in [-0.25, -0.2) is 13.4 Å². The van der Waals surface area contributed by atoms with E-state index in [1.807, 2.05) is 17.3 Å². The first-order chi connectivity index (χ1) is 17.9. The van der Waals surface area contributed by atoms with Crippen molar-refractivity contribution in [1.29, 1.82) is 0 Å². The molecular formula is C24H25ClF3N7O2S. The third-order valence-corrected chi connectivity index (χ3v) is 7.05. The van der Waals surface area contributed by atoms with Crippen LogP contribution in [-0.4, -0.2) is 49.8 Å². The Morgan fingerprint density at radius 2 is 1.95 bits per heavy atom. The lowest BCUT2D eigenvalue weighted by Gasteiger charge is -2.36. The predicted octanol–water partition coefficient (Wildman–Crippen LogP) is 3.74. The molecule has 0 bridgehead atoms. The number of hydrazine groups is 2. The third-order valence-electron chi connectivity index (χ3n) is 6.21. The van der Waals surface area contributed by atoms with Crippen LogP contribution in [0.3, 0.4) is 0 Å². The van der Waals surface area contributed by atoms with Crippen molar-refractivity contribution in [2.24, 2.45) is 0 Å². The predicted molar refractivity (Wildman–Crippen MR) is 141 cm³/mol. The van der Waals surface area contributed by atoms with Gasteiger partial charge in [-0.05, 0) is 42.8 Å². The van der Waals surface area contributed by atoms with Crippen molar-refractivity contribution >= 4 is 49.6 Å². The molecule has 0 aliphatic carbocycles. The lowest BCUT2D eigenvalue weighted by Crippen LogP contribution is -2.55. The molecule has 0 spiro atoms. The third kappa shape index (κ3) is 6.07. The van der Waals surface area contributed by atoms with E-state index < -0.39 is 21.9 Å². The quantitative estimate of drug-likeness (QED) is 0.306. The average molecular weight is 568 g/mol. The highest BCUT2D eigenvalue weighted by Crippen LogP contribution is 2.35. The summed E-state index contributed by atoms with van der Waals surface area (Å²) in [5.41, 5.74) is 7.70. The molecule has 14 heteroatoms. The number of nitrogens with zero attached hydrogens (tertiary/aromatic N) is 2. The number of alkyl halides is 3. The second-order valence-corrected chi connectivity index (χ2v) is 11.4. The first kappa shape index (κ1) is 26.4. The summed E-state index contributed by atoms with van der Waals surface area (Å²) in [7, 11) is -3.41. The number of hydrogen-bond acceptors (Lipinski definition) is 8. The fourth-order valence-electron chi connectivity index (χ4n) is 4.56. The zero-order chi connectivity index (χ0) is 27.1. The molecule has 2 aliphatic rings. The van der Waals surface area contributed by atoms with E-state index in [1.54, 1.807) is 24.3 Å². The molecule has 2 atom stereocenters. The topological polar surface area (TPSA) is 110 Å². The Labute approximate surface area is 222 Å². The number of pyridine rings is 1. The van der Waals surface area contributed by atoms with Crippen molar-refractivity contribution in [1.82, 2.24) is 26.3 Å². The number of nitrogens with one attached hydrogen (secondary N) is 5. The van der Waals surface area contributed by atoms with Crippen LogP contribution in [0.25, 0.3) is 16.6 Å². The highest BCUT2D eigenvalue weighted by Gasteiger charge is 2.34. The molecule has 0 amide bonds. The largest absolute Gasteiger partial charge is 0.433 e. The maximum absolute atomic E-state index is 13.5. The van der Waals surface area contributed by atoms with Crippen LogP contribution in [0, 0.1) is 0 Å². The van der Waals surface area contributed by atoms with Gasteiger partial charge in [-0.1, -0.05) is 23.7 Å². The van der Waals surface area contributed by atoms with Gasteiger partial charge in [0.05, 0.1) is 23.5 Å². The lowest BCUT2D eigenvalue weighted by atomic mass is 10.0. The Bertz CT molecular complexity index is 1500. The number of hydrogen-bond donors (Lipinski definition) is 5. The number of halogens is 4. The van der Waals surface area contributed by atoms with E-state index in [1.165, 1.54) is 12.1 Å². The molecule has 0 unspecified atom stereocenters. The van der Waals surface area contributed by atoms with Crippen molar-refractivity contribution in [2.45, 2.75) is 24.7 Å². The molecule has 3 heterocycles. The summed E-state index contributed by atoms with van der Waals surface area (Å²) in [6, 6.07) is 12.4. The van der Waals surface area contributed by atoms with Crippen molar-refractivity contribution in [3.05, 3.63) is 71.0 Å².